The quantitative estimate of drug-likeness (QED) is 0.670. The molecule has 1 aromatic rings. The first-order valence-electron chi connectivity index (χ1n) is 4.47. The van der Waals surface area contributed by atoms with Gasteiger partial charge in [0.1, 0.15) is 0 Å². The Balaban J connectivity index is 1.94. The van der Waals surface area contributed by atoms with Crippen molar-refractivity contribution in [2.45, 2.75) is 5.25 Å². The number of alkyl halides is 1. The van der Waals surface area contributed by atoms with Crippen molar-refractivity contribution < 1.29 is 0 Å². The second-order valence-corrected chi connectivity index (χ2v) is 5.20. The molecule has 1 unspecified atom stereocenters. The minimum absolute atomic E-state index is 0.654. The Labute approximate surface area is 102 Å². The fraction of sp³-hybridized carbons (Fsp3) is 0.300. The first kappa shape index (κ1) is 10.3. The molecule has 0 aliphatic carbocycles. The Kier molecular flexibility index (Phi) is 3.69. The van der Waals surface area contributed by atoms with E-state index >= 15 is 0 Å². The Morgan fingerprint density at radius 2 is 2.21 bits per heavy atom. The van der Waals surface area contributed by atoms with Gasteiger partial charge in [0.15, 0.2) is 5.17 Å². The van der Waals surface area contributed by atoms with E-state index in [1.807, 2.05) is 30.0 Å². The van der Waals surface area contributed by atoms with Crippen molar-refractivity contribution in [1.82, 2.24) is 0 Å². The van der Waals surface area contributed by atoms with Gasteiger partial charge in [0.05, 0.1) is 6.54 Å². The average Bonchev–Trinajstić information content (AvgIpc) is 2.67. The standard InChI is InChI=1S/C10H11IN2S/c11-6-9-7-12-10(14-9)13-8-4-2-1-3-5-8/h1-5,9H,6-7H2,(H,12,13). The number of para-hydroxylation sites is 1. The predicted molar refractivity (Wildman–Crippen MR) is 72.6 cm³/mol. The fourth-order valence-corrected chi connectivity index (χ4v) is 2.88. The van der Waals surface area contributed by atoms with E-state index in [9.17, 15) is 0 Å². The van der Waals surface area contributed by atoms with Crippen LogP contribution in [0.15, 0.2) is 35.3 Å². The molecule has 1 heterocycles. The maximum Gasteiger partial charge on any atom is 0.161 e. The van der Waals surface area contributed by atoms with Crippen molar-refractivity contribution >= 4 is 45.2 Å². The first-order valence-corrected chi connectivity index (χ1v) is 6.88. The zero-order chi connectivity index (χ0) is 9.80. The molecule has 0 saturated heterocycles. The van der Waals surface area contributed by atoms with E-state index in [0.717, 1.165) is 21.8 Å². The number of thioether (sulfide) groups is 1. The highest BCUT2D eigenvalue weighted by atomic mass is 127. The van der Waals surface area contributed by atoms with Crippen LogP contribution < -0.4 is 5.32 Å². The summed E-state index contributed by atoms with van der Waals surface area (Å²) in [5.41, 5.74) is 1.12. The number of hydrogen-bond acceptors (Lipinski definition) is 3. The number of amidine groups is 1. The molecule has 1 aliphatic heterocycles. The van der Waals surface area contributed by atoms with E-state index in [2.05, 4.69) is 45.0 Å². The van der Waals surface area contributed by atoms with Gasteiger partial charge in [-0.2, -0.15) is 0 Å². The van der Waals surface area contributed by atoms with Gasteiger partial charge in [-0.3, -0.25) is 4.99 Å². The Morgan fingerprint density at radius 1 is 1.43 bits per heavy atom. The summed E-state index contributed by atoms with van der Waals surface area (Å²) in [5, 5.41) is 5.02. The van der Waals surface area contributed by atoms with Crippen molar-refractivity contribution in [2.75, 3.05) is 16.3 Å². The Morgan fingerprint density at radius 3 is 2.86 bits per heavy atom. The van der Waals surface area contributed by atoms with Crippen LogP contribution in [0.3, 0.4) is 0 Å². The van der Waals surface area contributed by atoms with Gasteiger partial charge in [0.2, 0.25) is 0 Å². The van der Waals surface area contributed by atoms with Crippen LogP contribution in [0.4, 0.5) is 5.69 Å². The maximum atomic E-state index is 4.45. The summed E-state index contributed by atoms with van der Waals surface area (Å²) in [6.45, 7) is 0.947. The van der Waals surface area contributed by atoms with Crippen molar-refractivity contribution in [2.24, 2.45) is 4.99 Å². The molecule has 74 valence electrons. The topological polar surface area (TPSA) is 24.4 Å². The van der Waals surface area contributed by atoms with Gasteiger partial charge in [0.25, 0.3) is 0 Å². The van der Waals surface area contributed by atoms with Crippen LogP contribution in [-0.2, 0) is 0 Å². The Hall–Kier alpha value is -0.230. The van der Waals surface area contributed by atoms with Crippen molar-refractivity contribution in [3.8, 4) is 0 Å². The minimum Gasteiger partial charge on any atom is -0.335 e. The van der Waals surface area contributed by atoms with Crippen LogP contribution in [-0.4, -0.2) is 21.4 Å². The zero-order valence-corrected chi connectivity index (χ0v) is 10.6. The molecule has 1 atom stereocenters. The van der Waals surface area contributed by atoms with E-state index in [0.29, 0.717) is 5.25 Å². The summed E-state index contributed by atoms with van der Waals surface area (Å²) in [4.78, 5) is 4.45. The number of nitrogens with one attached hydrogen (secondary N) is 1. The van der Waals surface area contributed by atoms with Crippen LogP contribution >= 0.6 is 34.4 Å². The zero-order valence-electron chi connectivity index (χ0n) is 7.61. The predicted octanol–water partition coefficient (Wildman–Crippen LogP) is 3.00. The number of aliphatic imine (C=N–C) groups is 1. The molecule has 2 rings (SSSR count). The molecule has 1 aliphatic rings. The van der Waals surface area contributed by atoms with Gasteiger partial charge in [-0.15, -0.1) is 0 Å². The number of rotatable bonds is 2. The summed E-state index contributed by atoms with van der Waals surface area (Å²) >= 11 is 4.25. The van der Waals surface area contributed by atoms with Crippen LogP contribution in [0.2, 0.25) is 0 Å². The molecule has 2 nitrogen and oxygen atoms in total. The highest BCUT2D eigenvalue weighted by Gasteiger charge is 2.17. The third-order valence-corrected chi connectivity index (χ3v) is 4.68. The van der Waals surface area contributed by atoms with Crippen LogP contribution in [0.25, 0.3) is 0 Å². The molecular weight excluding hydrogens is 307 g/mol. The van der Waals surface area contributed by atoms with E-state index in [1.165, 1.54) is 0 Å². The molecule has 0 amide bonds. The van der Waals surface area contributed by atoms with Gasteiger partial charge < -0.3 is 5.32 Å². The largest absolute Gasteiger partial charge is 0.335 e. The number of benzene rings is 1. The molecule has 0 fully saturated rings. The number of nitrogens with zero attached hydrogens (tertiary/aromatic N) is 1. The van der Waals surface area contributed by atoms with Gasteiger partial charge >= 0.3 is 0 Å². The van der Waals surface area contributed by atoms with E-state index < -0.39 is 0 Å². The van der Waals surface area contributed by atoms with Crippen LogP contribution in [0, 0.1) is 0 Å². The summed E-state index contributed by atoms with van der Waals surface area (Å²) in [6.07, 6.45) is 0. The second-order valence-electron chi connectivity index (χ2n) is 3.03. The smallest absolute Gasteiger partial charge is 0.161 e. The molecule has 0 spiro atoms. The van der Waals surface area contributed by atoms with E-state index in [4.69, 9.17) is 0 Å². The summed E-state index contributed by atoms with van der Waals surface area (Å²) in [6, 6.07) is 10.2. The normalized spacial score (nSPS) is 20.6. The molecule has 0 saturated carbocycles. The molecule has 14 heavy (non-hydrogen) atoms. The highest BCUT2D eigenvalue weighted by molar-refractivity contribution is 14.1. The molecule has 0 bridgehead atoms. The van der Waals surface area contributed by atoms with Crippen molar-refractivity contribution in [1.29, 1.82) is 0 Å². The van der Waals surface area contributed by atoms with E-state index in [1.54, 1.807) is 0 Å². The van der Waals surface area contributed by atoms with Gasteiger partial charge in [0, 0.05) is 15.4 Å². The molecule has 1 aromatic carbocycles. The maximum absolute atomic E-state index is 4.45. The summed E-state index contributed by atoms with van der Waals surface area (Å²) in [7, 11) is 0. The molecule has 4 heteroatoms. The molecular formula is C10H11IN2S. The lowest BCUT2D eigenvalue weighted by molar-refractivity contribution is 0.999. The van der Waals surface area contributed by atoms with E-state index in [-0.39, 0.29) is 0 Å². The lowest BCUT2D eigenvalue weighted by Crippen LogP contribution is -2.07. The third kappa shape index (κ3) is 2.63. The highest BCUT2D eigenvalue weighted by Crippen LogP contribution is 2.23. The van der Waals surface area contributed by atoms with Crippen LogP contribution in [0.1, 0.15) is 0 Å². The van der Waals surface area contributed by atoms with Crippen LogP contribution in [0.5, 0.6) is 0 Å². The van der Waals surface area contributed by atoms with Crippen molar-refractivity contribution in [3.05, 3.63) is 30.3 Å². The monoisotopic (exact) mass is 318 g/mol. The lowest BCUT2D eigenvalue weighted by Gasteiger charge is -2.05. The first-order chi connectivity index (χ1) is 6.88. The molecule has 0 aromatic heterocycles. The molecule has 1 N–H and O–H groups in total. The van der Waals surface area contributed by atoms with Gasteiger partial charge in [-0.1, -0.05) is 52.6 Å². The fourth-order valence-electron chi connectivity index (χ4n) is 1.21. The SMILES string of the molecule is ICC1CN=C(Nc2ccccc2)S1. The molecule has 0 radical (unpaired) electrons. The third-order valence-electron chi connectivity index (χ3n) is 1.91. The Bertz CT molecular complexity index is 326. The van der Waals surface area contributed by atoms with Gasteiger partial charge in [-0.25, -0.2) is 0 Å². The van der Waals surface area contributed by atoms with Gasteiger partial charge in [-0.05, 0) is 12.1 Å². The average molecular weight is 318 g/mol. The number of anilines is 1. The summed E-state index contributed by atoms with van der Waals surface area (Å²) < 4.78 is 1.16. The van der Waals surface area contributed by atoms with Crippen molar-refractivity contribution in [3.63, 3.8) is 0 Å². The lowest BCUT2D eigenvalue weighted by atomic mass is 10.3. The number of halogens is 1. The summed E-state index contributed by atoms with van der Waals surface area (Å²) in [5.74, 6) is 0. The second kappa shape index (κ2) is 5.02. The number of hydrogen-bond donors (Lipinski definition) is 1. The minimum atomic E-state index is 0.654.